The SMILES string of the molecule is c1cc(N2CCCCCC2)ccc1Nc1ccc2ncc(OCC3CCNCC3)nc2c1. The minimum Gasteiger partial charge on any atom is -0.476 e. The first-order chi connectivity index (χ1) is 15.8. The van der Waals surface area contributed by atoms with Crippen LogP contribution in [0.4, 0.5) is 17.1 Å². The van der Waals surface area contributed by atoms with Crippen LogP contribution in [-0.2, 0) is 0 Å². The molecule has 2 aliphatic heterocycles. The summed E-state index contributed by atoms with van der Waals surface area (Å²) in [4.78, 5) is 11.7. The van der Waals surface area contributed by atoms with E-state index in [9.17, 15) is 0 Å². The summed E-state index contributed by atoms with van der Waals surface area (Å²) in [7, 11) is 0. The molecule has 32 heavy (non-hydrogen) atoms. The summed E-state index contributed by atoms with van der Waals surface area (Å²) in [6.07, 6.45) is 9.34. The van der Waals surface area contributed by atoms with Gasteiger partial charge in [0.05, 0.1) is 23.8 Å². The highest BCUT2D eigenvalue weighted by Gasteiger charge is 2.14. The topological polar surface area (TPSA) is 62.3 Å². The Balaban J connectivity index is 1.24. The molecule has 6 nitrogen and oxygen atoms in total. The van der Waals surface area contributed by atoms with E-state index in [-0.39, 0.29) is 0 Å². The van der Waals surface area contributed by atoms with Crippen molar-refractivity contribution in [3.8, 4) is 5.88 Å². The molecule has 0 bridgehead atoms. The van der Waals surface area contributed by atoms with Gasteiger partial charge in [-0.1, -0.05) is 12.8 Å². The molecule has 0 radical (unpaired) electrons. The number of hydrogen-bond donors (Lipinski definition) is 2. The fourth-order valence-corrected chi connectivity index (χ4v) is 4.64. The molecule has 3 heterocycles. The lowest BCUT2D eigenvalue weighted by molar-refractivity contribution is 0.209. The second-order valence-electron chi connectivity index (χ2n) is 8.99. The van der Waals surface area contributed by atoms with Crippen LogP contribution in [-0.4, -0.2) is 42.8 Å². The summed E-state index contributed by atoms with van der Waals surface area (Å²) in [5, 5.41) is 6.90. The Hall–Kier alpha value is -2.86. The van der Waals surface area contributed by atoms with Crippen LogP contribution >= 0.6 is 0 Å². The van der Waals surface area contributed by atoms with Gasteiger partial charge in [-0.3, -0.25) is 0 Å². The quantitative estimate of drug-likeness (QED) is 0.564. The number of benzene rings is 2. The number of aromatic nitrogens is 2. The van der Waals surface area contributed by atoms with E-state index < -0.39 is 0 Å². The highest BCUT2D eigenvalue weighted by atomic mass is 16.5. The Labute approximate surface area is 190 Å². The van der Waals surface area contributed by atoms with E-state index in [1.165, 1.54) is 31.4 Å². The molecular formula is C26H33N5O. The van der Waals surface area contributed by atoms with Crippen molar-refractivity contribution in [2.75, 3.05) is 43.0 Å². The van der Waals surface area contributed by atoms with Crippen molar-refractivity contribution in [2.45, 2.75) is 38.5 Å². The van der Waals surface area contributed by atoms with Crippen molar-refractivity contribution in [3.05, 3.63) is 48.7 Å². The molecule has 168 valence electrons. The standard InChI is InChI=1S/C26H33N5O/c1-2-4-16-31(15-3-1)23-8-5-21(6-9-23)29-22-7-10-24-25(17-22)30-26(18-28-24)32-19-20-11-13-27-14-12-20/h5-10,17-18,20,27,29H,1-4,11-16,19H2. The molecule has 0 spiro atoms. The first-order valence-electron chi connectivity index (χ1n) is 12.1. The largest absolute Gasteiger partial charge is 0.476 e. The zero-order valence-electron chi connectivity index (χ0n) is 18.7. The first kappa shape index (κ1) is 21.0. The summed E-state index contributed by atoms with van der Waals surface area (Å²) >= 11 is 0. The number of anilines is 3. The van der Waals surface area contributed by atoms with Gasteiger partial charge < -0.3 is 20.3 Å². The van der Waals surface area contributed by atoms with E-state index >= 15 is 0 Å². The molecule has 0 atom stereocenters. The van der Waals surface area contributed by atoms with E-state index in [1.54, 1.807) is 6.20 Å². The maximum atomic E-state index is 5.96. The lowest BCUT2D eigenvalue weighted by Crippen LogP contribution is -2.30. The molecule has 2 aliphatic rings. The van der Waals surface area contributed by atoms with Crippen LogP contribution in [0.25, 0.3) is 11.0 Å². The molecule has 2 saturated heterocycles. The van der Waals surface area contributed by atoms with E-state index in [0.717, 1.165) is 61.4 Å². The molecule has 3 aromatic rings. The van der Waals surface area contributed by atoms with Crippen molar-refractivity contribution in [1.82, 2.24) is 15.3 Å². The first-order valence-corrected chi connectivity index (χ1v) is 12.1. The molecular weight excluding hydrogens is 398 g/mol. The lowest BCUT2D eigenvalue weighted by Gasteiger charge is -2.23. The predicted molar refractivity (Wildman–Crippen MR) is 131 cm³/mol. The van der Waals surface area contributed by atoms with Crippen LogP contribution < -0.4 is 20.3 Å². The van der Waals surface area contributed by atoms with Crippen molar-refractivity contribution < 1.29 is 4.74 Å². The van der Waals surface area contributed by atoms with Crippen LogP contribution in [0.1, 0.15) is 38.5 Å². The van der Waals surface area contributed by atoms with Crippen LogP contribution in [0.3, 0.4) is 0 Å². The molecule has 0 unspecified atom stereocenters. The molecule has 1 aromatic heterocycles. The normalized spacial score (nSPS) is 17.8. The van der Waals surface area contributed by atoms with Gasteiger partial charge in [0, 0.05) is 30.2 Å². The summed E-state index contributed by atoms with van der Waals surface area (Å²) in [6, 6.07) is 14.9. The average Bonchev–Trinajstić information content (AvgIpc) is 3.13. The second kappa shape index (κ2) is 10.2. The molecule has 0 amide bonds. The van der Waals surface area contributed by atoms with E-state index in [1.807, 2.05) is 12.1 Å². The zero-order chi connectivity index (χ0) is 21.6. The second-order valence-corrected chi connectivity index (χ2v) is 8.99. The average molecular weight is 432 g/mol. The van der Waals surface area contributed by atoms with Gasteiger partial charge in [0.15, 0.2) is 0 Å². The van der Waals surface area contributed by atoms with Crippen LogP contribution in [0.15, 0.2) is 48.7 Å². The summed E-state index contributed by atoms with van der Waals surface area (Å²) in [6.45, 7) is 5.19. The van der Waals surface area contributed by atoms with Gasteiger partial charge in [-0.15, -0.1) is 0 Å². The Morgan fingerprint density at radius 1 is 0.906 bits per heavy atom. The minimum atomic E-state index is 0.596. The maximum absolute atomic E-state index is 5.96. The van der Waals surface area contributed by atoms with Gasteiger partial charge in [0.25, 0.3) is 0 Å². The molecule has 2 aromatic carbocycles. The Bertz CT molecular complexity index is 1010. The summed E-state index contributed by atoms with van der Waals surface area (Å²) in [5.41, 5.74) is 5.12. The smallest absolute Gasteiger partial charge is 0.232 e. The van der Waals surface area contributed by atoms with E-state index in [2.05, 4.69) is 50.8 Å². The van der Waals surface area contributed by atoms with Gasteiger partial charge in [0.2, 0.25) is 5.88 Å². The number of fused-ring (bicyclic) bond motifs is 1. The Kier molecular flexibility index (Phi) is 6.68. The number of ether oxygens (including phenoxy) is 1. The van der Waals surface area contributed by atoms with Gasteiger partial charge in [-0.2, -0.15) is 0 Å². The monoisotopic (exact) mass is 431 g/mol. The van der Waals surface area contributed by atoms with Gasteiger partial charge in [0.1, 0.15) is 0 Å². The highest BCUT2D eigenvalue weighted by molar-refractivity contribution is 5.80. The molecule has 5 rings (SSSR count). The van der Waals surface area contributed by atoms with Crippen LogP contribution in [0, 0.1) is 5.92 Å². The number of nitrogens with zero attached hydrogens (tertiary/aromatic N) is 3. The molecule has 2 N–H and O–H groups in total. The fraction of sp³-hybridized carbons (Fsp3) is 0.462. The van der Waals surface area contributed by atoms with Crippen molar-refractivity contribution in [3.63, 3.8) is 0 Å². The predicted octanol–water partition coefficient (Wildman–Crippen LogP) is 5.13. The summed E-state index contributed by atoms with van der Waals surface area (Å²) in [5.74, 6) is 1.20. The minimum absolute atomic E-state index is 0.596. The molecule has 2 fully saturated rings. The number of nitrogens with one attached hydrogen (secondary N) is 2. The molecule has 6 heteroatoms. The molecule has 0 aliphatic carbocycles. The van der Waals surface area contributed by atoms with E-state index in [4.69, 9.17) is 9.72 Å². The van der Waals surface area contributed by atoms with Crippen molar-refractivity contribution >= 4 is 28.1 Å². The third-order valence-corrected chi connectivity index (χ3v) is 6.57. The van der Waals surface area contributed by atoms with Crippen LogP contribution in [0.2, 0.25) is 0 Å². The maximum Gasteiger partial charge on any atom is 0.232 e. The third kappa shape index (κ3) is 5.30. The molecule has 0 saturated carbocycles. The van der Waals surface area contributed by atoms with E-state index in [0.29, 0.717) is 18.4 Å². The Morgan fingerprint density at radius 2 is 1.66 bits per heavy atom. The highest BCUT2D eigenvalue weighted by Crippen LogP contribution is 2.25. The van der Waals surface area contributed by atoms with Gasteiger partial charge >= 0.3 is 0 Å². The van der Waals surface area contributed by atoms with Crippen molar-refractivity contribution in [1.29, 1.82) is 0 Å². The summed E-state index contributed by atoms with van der Waals surface area (Å²) < 4.78 is 5.96. The fourth-order valence-electron chi connectivity index (χ4n) is 4.64. The number of piperidine rings is 1. The lowest BCUT2D eigenvalue weighted by atomic mass is 9.99. The zero-order valence-corrected chi connectivity index (χ0v) is 18.7. The third-order valence-electron chi connectivity index (χ3n) is 6.57. The Morgan fingerprint density at radius 3 is 2.44 bits per heavy atom. The van der Waals surface area contributed by atoms with Crippen LogP contribution in [0.5, 0.6) is 5.88 Å². The van der Waals surface area contributed by atoms with Crippen molar-refractivity contribution in [2.24, 2.45) is 5.92 Å². The number of hydrogen-bond acceptors (Lipinski definition) is 6. The van der Waals surface area contributed by atoms with Gasteiger partial charge in [-0.25, -0.2) is 9.97 Å². The van der Waals surface area contributed by atoms with Gasteiger partial charge in [-0.05, 0) is 87.2 Å². The number of rotatable bonds is 6.